The normalized spacial score (nSPS) is 12.4. The third kappa shape index (κ3) is 5.64. The Kier molecular flexibility index (Phi) is 7.78. The number of hydrogen-bond acceptors (Lipinski definition) is 5. The summed E-state index contributed by atoms with van der Waals surface area (Å²) in [6.45, 7) is 0. The lowest BCUT2D eigenvalue weighted by atomic mass is 9.95. The second kappa shape index (κ2) is 13.4. The Bertz CT molecular complexity index is 3120. The van der Waals surface area contributed by atoms with Gasteiger partial charge in [-0.15, -0.1) is 11.3 Å². The van der Waals surface area contributed by atoms with Crippen LogP contribution in [0, 0.1) is 0 Å². The molecule has 0 saturated heterocycles. The summed E-state index contributed by atoms with van der Waals surface area (Å²) >= 11 is 1.88. The first kappa shape index (κ1) is 32.5. The minimum atomic E-state index is 0.637. The van der Waals surface area contributed by atoms with Crippen LogP contribution in [-0.4, -0.2) is 15.0 Å². The van der Waals surface area contributed by atoms with Crippen molar-refractivity contribution in [2.75, 3.05) is 0 Å². The number of aryl methyl sites for hydroxylation is 1. The van der Waals surface area contributed by atoms with Gasteiger partial charge in [-0.05, 0) is 82.1 Å². The summed E-state index contributed by atoms with van der Waals surface area (Å²) in [4.78, 5) is 16.9. The molecule has 0 spiro atoms. The molecule has 1 aliphatic rings. The highest BCUT2D eigenvalue weighted by molar-refractivity contribution is 7.19. The second-order valence-electron chi connectivity index (χ2n) is 14.2. The van der Waals surface area contributed by atoms with E-state index in [1.54, 1.807) is 0 Å². The highest BCUT2D eigenvalue weighted by Gasteiger charge is 2.20. The second-order valence-corrected chi connectivity index (χ2v) is 15.4. The van der Waals surface area contributed by atoms with Gasteiger partial charge < -0.3 is 4.42 Å². The lowest BCUT2D eigenvalue weighted by Gasteiger charge is -2.11. The largest absolute Gasteiger partial charge is 0.456 e. The van der Waals surface area contributed by atoms with Crippen molar-refractivity contribution in [3.05, 3.63) is 180 Å². The van der Waals surface area contributed by atoms with E-state index in [2.05, 4.69) is 152 Å². The molecule has 0 amide bonds. The number of furan rings is 1. The number of hydrogen-bond donors (Lipinski definition) is 0. The average Bonchev–Trinajstić information content (AvgIpc) is 3.85. The molecule has 1 aliphatic carbocycles. The maximum Gasteiger partial charge on any atom is 0.164 e. The molecule has 7 aromatic carbocycles. The molecule has 0 radical (unpaired) electrons. The van der Waals surface area contributed by atoms with E-state index in [-0.39, 0.29) is 0 Å². The van der Waals surface area contributed by atoms with Crippen LogP contribution >= 0.6 is 11.3 Å². The summed E-state index contributed by atoms with van der Waals surface area (Å²) in [5, 5.41) is 3.39. The van der Waals surface area contributed by atoms with E-state index in [9.17, 15) is 0 Å². The molecule has 0 N–H and O–H groups in total. The Balaban J connectivity index is 1.04. The van der Waals surface area contributed by atoms with E-state index in [4.69, 9.17) is 19.4 Å². The van der Waals surface area contributed by atoms with Gasteiger partial charge in [-0.1, -0.05) is 146 Å². The molecule has 3 heterocycles. The summed E-state index contributed by atoms with van der Waals surface area (Å²) in [6, 6.07) is 57.3. The third-order valence-electron chi connectivity index (χ3n) is 10.8. The van der Waals surface area contributed by atoms with Crippen LogP contribution in [0.3, 0.4) is 0 Å². The van der Waals surface area contributed by atoms with Crippen molar-refractivity contribution in [2.24, 2.45) is 0 Å². The van der Waals surface area contributed by atoms with Crippen LogP contribution in [0.5, 0.6) is 0 Å². The summed E-state index contributed by atoms with van der Waals surface area (Å²) in [6.07, 6.45) is 6.69. The molecule has 0 fully saturated rings. The topological polar surface area (TPSA) is 51.8 Å². The number of thiophene rings is 1. The lowest BCUT2D eigenvalue weighted by Crippen LogP contribution is -2.01. The summed E-state index contributed by atoms with van der Waals surface area (Å²) in [5.41, 5.74) is 12.8. The van der Waals surface area contributed by atoms with Gasteiger partial charge in [-0.25, -0.2) is 15.0 Å². The molecule has 10 aromatic rings. The van der Waals surface area contributed by atoms with Crippen molar-refractivity contribution in [2.45, 2.75) is 12.8 Å². The molecule has 3 aromatic heterocycles. The number of nitrogens with zero attached hydrogens (tertiary/aromatic N) is 3. The first-order chi connectivity index (χ1) is 27.7. The van der Waals surface area contributed by atoms with E-state index in [1.807, 2.05) is 35.6 Å². The first-order valence-electron chi connectivity index (χ1n) is 19.0. The van der Waals surface area contributed by atoms with Gasteiger partial charge in [-0.3, -0.25) is 0 Å². The monoisotopic (exact) mass is 735 g/mol. The average molecular weight is 736 g/mol. The molecule has 5 heteroatoms. The van der Waals surface area contributed by atoms with Crippen molar-refractivity contribution in [3.63, 3.8) is 0 Å². The van der Waals surface area contributed by atoms with Gasteiger partial charge in [-0.2, -0.15) is 0 Å². The Labute approximate surface area is 328 Å². The minimum absolute atomic E-state index is 0.637. The Morgan fingerprint density at radius 2 is 1.07 bits per heavy atom. The molecule has 11 rings (SSSR count). The van der Waals surface area contributed by atoms with Crippen LogP contribution in [0.2, 0.25) is 0 Å². The summed E-state index contributed by atoms with van der Waals surface area (Å²) < 4.78 is 7.72. The minimum Gasteiger partial charge on any atom is -0.456 e. The number of fused-ring (bicyclic) bond motifs is 6. The predicted octanol–water partition coefficient (Wildman–Crippen LogP) is 13.9. The Morgan fingerprint density at radius 1 is 0.446 bits per heavy atom. The SMILES string of the molecule is C1=Cc2c(sc3cccc(-c4nc(-c5ccccc5)nc(-c5cccc(-c6cccc7oc8ccc(-c9ccc(-c%10ccccc%10)cc9)cc8c67)c5)n4)c23)CC1. The van der Waals surface area contributed by atoms with Crippen molar-refractivity contribution >= 4 is 49.4 Å². The molecule has 4 nitrogen and oxygen atoms in total. The number of benzene rings is 7. The van der Waals surface area contributed by atoms with Crippen molar-refractivity contribution < 1.29 is 4.42 Å². The number of aromatic nitrogens is 3. The standard InChI is InChI=1S/C51H33N3OS/c1-3-12-32(13-4-1)33-24-26-34(27-25-33)36-28-29-43-42(31-36)47-39(19-10-21-44(47)55-43)37-16-9-17-38(30-37)50-52-49(35-14-5-2-6-15-35)53-51(54-50)41-20-11-23-46-48(41)40-18-7-8-22-45(40)56-46/h1-7,9-21,23-31H,8,22H2. The van der Waals surface area contributed by atoms with Gasteiger partial charge in [0.15, 0.2) is 17.5 Å². The third-order valence-corrected chi connectivity index (χ3v) is 12.0. The molecule has 0 saturated carbocycles. The Hall–Kier alpha value is -6.95. The molecule has 56 heavy (non-hydrogen) atoms. The zero-order chi connectivity index (χ0) is 37.0. The van der Waals surface area contributed by atoms with E-state index < -0.39 is 0 Å². The molecule has 0 aliphatic heterocycles. The van der Waals surface area contributed by atoms with Crippen molar-refractivity contribution in [1.29, 1.82) is 0 Å². The van der Waals surface area contributed by atoms with Crippen LogP contribution in [0.15, 0.2) is 174 Å². The van der Waals surface area contributed by atoms with Crippen molar-refractivity contribution in [3.8, 4) is 67.5 Å². The van der Waals surface area contributed by atoms with Gasteiger partial charge >= 0.3 is 0 Å². The van der Waals surface area contributed by atoms with Gasteiger partial charge in [0.2, 0.25) is 0 Å². The van der Waals surface area contributed by atoms with Gasteiger partial charge in [0.05, 0.1) is 0 Å². The summed E-state index contributed by atoms with van der Waals surface area (Å²) in [7, 11) is 0. The molecular formula is C51H33N3OS. The molecule has 0 bridgehead atoms. The summed E-state index contributed by atoms with van der Waals surface area (Å²) in [5.74, 6) is 1.97. The van der Waals surface area contributed by atoms with Crippen LogP contribution in [0.4, 0.5) is 0 Å². The molecule has 0 atom stereocenters. The fourth-order valence-corrected chi connectivity index (χ4v) is 9.32. The Morgan fingerprint density at radius 3 is 1.89 bits per heavy atom. The highest BCUT2D eigenvalue weighted by Crippen LogP contribution is 2.42. The van der Waals surface area contributed by atoms with Gasteiger partial charge in [0.25, 0.3) is 0 Å². The fourth-order valence-electron chi connectivity index (χ4n) is 8.09. The predicted molar refractivity (Wildman–Crippen MR) is 232 cm³/mol. The van der Waals surface area contributed by atoms with Gasteiger partial charge in [0, 0.05) is 42.4 Å². The number of allylic oxidation sites excluding steroid dienone is 1. The van der Waals surface area contributed by atoms with Crippen LogP contribution < -0.4 is 0 Å². The first-order valence-corrected chi connectivity index (χ1v) is 19.8. The zero-order valence-corrected chi connectivity index (χ0v) is 31.1. The quantitative estimate of drug-likeness (QED) is 0.171. The lowest BCUT2D eigenvalue weighted by molar-refractivity contribution is 0.669. The van der Waals surface area contributed by atoms with E-state index in [1.165, 1.54) is 31.7 Å². The smallest absolute Gasteiger partial charge is 0.164 e. The molecule has 0 unspecified atom stereocenters. The number of rotatable bonds is 6. The zero-order valence-electron chi connectivity index (χ0n) is 30.3. The van der Waals surface area contributed by atoms with Crippen LogP contribution in [0.25, 0.3) is 106 Å². The van der Waals surface area contributed by atoms with E-state index in [0.29, 0.717) is 17.5 Å². The molecule has 264 valence electrons. The highest BCUT2D eigenvalue weighted by atomic mass is 32.1. The maximum absolute atomic E-state index is 6.46. The fraction of sp³-hybridized carbons (Fsp3) is 0.0392. The van der Waals surface area contributed by atoms with Gasteiger partial charge in [0.1, 0.15) is 11.2 Å². The van der Waals surface area contributed by atoms with Crippen LogP contribution in [0.1, 0.15) is 16.9 Å². The van der Waals surface area contributed by atoms with E-state index >= 15 is 0 Å². The van der Waals surface area contributed by atoms with Crippen LogP contribution in [-0.2, 0) is 6.42 Å². The van der Waals surface area contributed by atoms with Crippen molar-refractivity contribution in [1.82, 2.24) is 15.0 Å². The van der Waals surface area contributed by atoms with E-state index in [0.717, 1.165) is 73.7 Å². The maximum atomic E-state index is 6.46. The molecular weight excluding hydrogens is 703 g/mol.